The summed E-state index contributed by atoms with van der Waals surface area (Å²) in [5, 5.41) is 9.20. The first-order chi connectivity index (χ1) is 8.69. The van der Waals surface area contributed by atoms with E-state index in [4.69, 9.17) is 8.92 Å². The summed E-state index contributed by atoms with van der Waals surface area (Å²) in [5.74, 6) is -2.94. The molecule has 0 spiro atoms. The number of aliphatic hydroxyl groups is 1. The molecule has 0 saturated carbocycles. The molecular formula is C11H18O7S. The van der Waals surface area contributed by atoms with Gasteiger partial charge in [0, 0.05) is 6.42 Å². The maximum atomic E-state index is 11.9. The second-order valence-corrected chi connectivity index (χ2v) is 6.89. The summed E-state index contributed by atoms with van der Waals surface area (Å²) in [4.78, 5) is 11.5. The van der Waals surface area contributed by atoms with Crippen molar-refractivity contribution in [3.8, 4) is 0 Å². The third kappa shape index (κ3) is 2.49. The smallest absolute Gasteiger partial charge is 0.311 e. The number of ether oxygens (including phenoxy) is 2. The van der Waals surface area contributed by atoms with E-state index in [2.05, 4.69) is 4.74 Å². The van der Waals surface area contributed by atoms with Gasteiger partial charge < -0.3 is 14.6 Å². The standard InChI is InChI=1S/C11H18O7S/c1-6-5-11(13)9(19(14,15)18-6)4-8(17-11)7(2)10(12)16-3/h6-9,13H,4-5H2,1-3H3/t6-,7+,8+,9-,11-/m1/s1. The van der Waals surface area contributed by atoms with Crippen LogP contribution in [-0.2, 0) is 28.6 Å². The Labute approximate surface area is 112 Å². The van der Waals surface area contributed by atoms with Crippen LogP contribution in [0.25, 0.3) is 0 Å². The minimum Gasteiger partial charge on any atom is -0.469 e. The Balaban J connectivity index is 2.24. The van der Waals surface area contributed by atoms with Crippen LogP contribution in [0.1, 0.15) is 26.7 Å². The van der Waals surface area contributed by atoms with E-state index in [0.717, 1.165) is 0 Å². The van der Waals surface area contributed by atoms with Gasteiger partial charge in [-0.1, -0.05) is 0 Å². The Morgan fingerprint density at radius 2 is 2.16 bits per heavy atom. The van der Waals surface area contributed by atoms with Crippen LogP contribution in [0.2, 0.25) is 0 Å². The molecule has 0 aromatic carbocycles. The van der Waals surface area contributed by atoms with E-state index in [1.54, 1.807) is 13.8 Å². The van der Waals surface area contributed by atoms with Crippen molar-refractivity contribution in [3.63, 3.8) is 0 Å². The van der Waals surface area contributed by atoms with Gasteiger partial charge in [0.05, 0.1) is 25.2 Å². The number of hydrogen-bond donors (Lipinski definition) is 1. The van der Waals surface area contributed by atoms with Crippen molar-refractivity contribution >= 4 is 16.1 Å². The molecular weight excluding hydrogens is 276 g/mol. The molecule has 2 fully saturated rings. The molecule has 5 atom stereocenters. The number of hydrogen-bond acceptors (Lipinski definition) is 7. The Morgan fingerprint density at radius 3 is 2.74 bits per heavy atom. The van der Waals surface area contributed by atoms with Crippen molar-refractivity contribution in [1.82, 2.24) is 0 Å². The molecule has 1 N–H and O–H groups in total. The van der Waals surface area contributed by atoms with Crippen LogP contribution in [0.5, 0.6) is 0 Å². The molecule has 0 amide bonds. The fourth-order valence-electron chi connectivity index (χ4n) is 2.69. The average Bonchev–Trinajstić information content (AvgIpc) is 2.64. The van der Waals surface area contributed by atoms with Crippen LogP contribution < -0.4 is 0 Å². The molecule has 8 heteroatoms. The zero-order chi connectivity index (χ0) is 14.4. The molecule has 2 heterocycles. The molecule has 2 aliphatic heterocycles. The monoisotopic (exact) mass is 294 g/mol. The highest BCUT2D eigenvalue weighted by atomic mass is 32.2. The van der Waals surface area contributed by atoms with Gasteiger partial charge in [0.2, 0.25) is 0 Å². The number of fused-ring (bicyclic) bond motifs is 1. The van der Waals surface area contributed by atoms with Crippen LogP contribution in [0.4, 0.5) is 0 Å². The third-order valence-electron chi connectivity index (χ3n) is 3.66. The normalized spacial score (nSPS) is 42.4. The summed E-state index contributed by atoms with van der Waals surface area (Å²) in [6.07, 6.45) is -1.28. The van der Waals surface area contributed by atoms with Crippen molar-refractivity contribution in [1.29, 1.82) is 0 Å². The first-order valence-corrected chi connectivity index (χ1v) is 7.57. The maximum Gasteiger partial charge on any atom is 0.311 e. The number of carbonyl (C=O) groups excluding carboxylic acids is 1. The zero-order valence-electron chi connectivity index (χ0n) is 11.0. The van der Waals surface area contributed by atoms with Crippen LogP contribution in [0.3, 0.4) is 0 Å². The maximum absolute atomic E-state index is 11.9. The predicted octanol–water partition coefficient (Wildman–Crippen LogP) is -0.220. The van der Waals surface area contributed by atoms with E-state index in [1.165, 1.54) is 7.11 Å². The second-order valence-electron chi connectivity index (χ2n) is 5.14. The van der Waals surface area contributed by atoms with Crippen molar-refractivity contribution in [2.75, 3.05) is 7.11 Å². The SMILES string of the molecule is COC(=O)[C@@H](C)[C@@H]1C[C@@H]2[C@@](O)(C[C@@H](C)OS2(=O)=O)O1. The molecule has 0 unspecified atom stereocenters. The summed E-state index contributed by atoms with van der Waals surface area (Å²) in [6.45, 7) is 3.13. The largest absolute Gasteiger partial charge is 0.469 e. The molecule has 0 bridgehead atoms. The second kappa shape index (κ2) is 4.69. The summed E-state index contributed by atoms with van der Waals surface area (Å²) < 4.78 is 38.7. The van der Waals surface area contributed by atoms with Gasteiger partial charge in [-0.25, -0.2) is 0 Å². The molecule has 0 aliphatic carbocycles. The molecule has 7 nitrogen and oxygen atoms in total. The first-order valence-electron chi connectivity index (χ1n) is 6.10. The fraction of sp³-hybridized carbons (Fsp3) is 0.909. The van der Waals surface area contributed by atoms with Gasteiger partial charge in [-0.3, -0.25) is 8.98 Å². The van der Waals surface area contributed by atoms with Gasteiger partial charge in [-0.2, -0.15) is 8.42 Å². The lowest BCUT2D eigenvalue weighted by Gasteiger charge is -2.35. The number of rotatable bonds is 2. The van der Waals surface area contributed by atoms with Gasteiger partial charge >= 0.3 is 5.97 Å². The van der Waals surface area contributed by atoms with Crippen molar-refractivity contribution < 1.29 is 32.0 Å². The van der Waals surface area contributed by atoms with Gasteiger partial charge in [-0.15, -0.1) is 0 Å². The number of esters is 1. The van der Waals surface area contributed by atoms with E-state index in [9.17, 15) is 18.3 Å². The van der Waals surface area contributed by atoms with E-state index in [-0.39, 0.29) is 12.8 Å². The fourth-order valence-corrected chi connectivity index (χ4v) is 4.38. The molecule has 2 aliphatic rings. The summed E-state index contributed by atoms with van der Waals surface area (Å²) >= 11 is 0. The Bertz CT molecular complexity index is 473. The highest BCUT2D eigenvalue weighted by Gasteiger charge is 2.59. The summed E-state index contributed by atoms with van der Waals surface area (Å²) in [7, 11) is -2.65. The quantitative estimate of drug-likeness (QED) is 0.555. The Hall–Kier alpha value is -0.700. The van der Waals surface area contributed by atoms with Gasteiger partial charge in [0.25, 0.3) is 10.1 Å². The zero-order valence-corrected chi connectivity index (χ0v) is 11.8. The van der Waals surface area contributed by atoms with Crippen LogP contribution in [0, 0.1) is 5.92 Å². The summed E-state index contributed by atoms with van der Waals surface area (Å²) in [6, 6.07) is 0. The minimum atomic E-state index is -3.89. The van der Waals surface area contributed by atoms with Crippen molar-refractivity contribution in [2.45, 2.75) is 49.9 Å². The van der Waals surface area contributed by atoms with E-state index in [1.807, 2.05) is 0 Å². The number of methoxy groups -OCH3 is 1. The average molecular weight is 294 g/mol. The Morgan fingerprint density at radius 1 is 1.53 bits per heavy atom. The first kappa shape index (κ1) is 14.7. The lowest BCUT2D eigenvalue weighted by Crippen LogP contribution is -2.51. The molecule has 0 radical (unpaired) electrons. The highest BCUT2D eigenvalue weighted by molar-refractivity contribution is 7.87. The molecule has 0 aromatic heterocycles. The molecule has 19 heavy (non-hydrogen) atoms. The highest BCUT2D eigenvalue weighted by Crippen LogP contribution is 2.43. The van der Waals surface area contributed by atoms with Crippen LogP contribution in [0.15, 0.2) is 0 Å². The van der Waals surface area contributed by atoms with Gasteiger partial charge in [0.15, 0.2) is 5.79 Å². The van der Waals surface area contributed by atoms with E-state index < -0.39 is 45.3 Å². The van der Waals surface area contributed by atoms with Crippen molar-refractivity contribution in [3.05, 3.63) is 0 Å². The molecule has 110 valence electrons. The number of carbonyl (C=O) groups is 1. The predicted molar refractivity (Wildman–Crippen MR) is 63.5 cm³/mol. The third-order valence-corrected chi connectivity index (χ3v) is 5.52. The molecule has 2 rings (SSSR count). The Kier molecular flexibility index (Phi) is 3.63. The van der Waals surface area contributed by atoms with Crippen LogP contribution in [-0.4, -0.2) is 49.8 Å². The molecule has 2 saturated heterocycles. The van der Waals surface area contributed by atoms with Crippen molar-refractivity contribution in [2.24, 2.45) is 5.92 Å². The van der Waals surface area contributed by atoms with Crippen LogP contribution >= 0.6 is 0 Å². The van der Waals surface area contributed by atoms with E-state index >= 15 is 0 Å². The summed E-state index contributed by atoms with van der Waals surface area (Å²) in [5.41, 5.74) is 0. The van der Waals surface area contributed by atoms with E-state index in [0.29, 0.717) is 0 Å². The lowest BCUT2D eigenvalue weighted by atomic mass is 10.00. The minimum absolute atomic E-state index is 0.0157. The van der Waals surface area contributed by atoms with Gasteiger partial charge in [0.1, 0.15) is 5.25 Å². The topological polar surface area (TPSA) is 99.1 Å². The van der Waals surface area contributed by atoms with Gasteiger partial charge in [-0.05, 0) is 20.3 Å². The molecule has 0 aromatic rings. The lowest BCUT2D eigenvalue weighted by molar-refractivity contribution is -0.217.